The van der Waals surface area contributed by atoms with Crippen LogP contribution < -0.4 is 29.6 Å². The number of rotatable bonds is 10. The Morgan fingerprint density at radius 3 is 2.37 bits per heavy atom. The molecule has 2 aliphatic carbocycles. The van der Waals surface area contributed by atoms with Gasteiger partial charge in [-0.05, 0) is 77.2 Å². The van der Waals surface area contributed by atoms with Gasteiger partial charge in [0.25, 0.3) is 11.8 Å². The number of hydrogen-bond acceptors (Lipinski definition) is 11. The van der Waals surface area contributed by atoms with Crippen LogP contribution in [0.4, 0.5) is 18.0 Å². The molecule has 0 spiro atoms. The van der Waals surface area contributed by atoms with Crippen molar-refractivity contribution in [3.8, 4) is 17.4 Å². The fraction of sp³-hybridized carbons (Fsp3) is 0.634. The first-order chi connectivity index (χ1) is 27.9. The molecule has 1 saturated heterocycles. The summed E-state index contributed by atoms with van der Waals surface area (Å²) >= 11 is 0. The van der Waals surface area contributed by atoms with Gasteiger partial charge in [-0.1, -0.05) is 26.0 Å². The number of fused-ring (bicyclic) bond motifs is 3. The van der Waals surface area contributed by atoms with Crippen LogP contribution in [-0.4, -0.2) is 103 Å². The van der Waals surface area contributed by atoms with E-state index in [2.05, 4.69) is 20.3 Å². The first-order valence-electron chi connectivity index (χ1n) is 20.1. The number of alkyl halides is 2. The second-order valence-corrected chi connectivity index (χ2v) is 19.7. The molecule has 2 aromatic rings. The zero-order valence-electron chi connectivity index (χ0n) is 35.0. The summed E-state index contributed by atoms with van der Waals surface area (Å²) in [5, 5.41) is 5.53. The van der Waals surface area contributed by atoms with Gasteiger partial charge >= 0.3 is 6.09 Å². The van der Waals surface area contributed by atoms with Gasteiger partial charge in [0.15, 0.2) is 17.2 Å². The van der Waals surface area contributed by atoms with Crippen molar-refractivity contribution >= 4 is 44.7 Å². The van der Waals surface area contributed by atoms with Crippen molar-refractivity contribution in [2.24, 2.45) is 17.8 Å². The SMILES string of the molecule is COc1cc(OC2CC3C(=O)NC4(C(=O)NS(=O)(=O)C5(C)CC5)CC4C=CCCC(C)CC(C)C(NC(=O)OC(C)(C)C(C)(F)F)C(=O)N3C2)c2cc(F)c(OC)cc2n1. The van der Waals surface area contributed by atoms with Gasteiger partial charge in [-0.25, -0.2) is 31.4 Å². The lowest BCUT2D eigenvalue weighted by Gasteiger charge is -2.35. The van der Waals surface area contributed by atoms with Crippen molar-refractivity contribution in [3.63, 3.8) is 0 Å². The summed E-state index contributed by atoms with van der Waals surface area (Å²) in [6, 6.07) is 1.21. The van der Waals surface area contributed by atoms with Crippen LogP contribution in [0, 0.1) is 23.6 Å². The summed E-state index contributed by atoms with van der Waals surface area (Å²) in [5.41, 5.74) is -3.66. The van der Waals surface area contributed by atoms with Gasteiger partial charge in [-0.3, -0.25) is 19.1 Å². The lowest BCUT2D eigenvalue weighted by Crippen LogP contribution is -2.59. The molecule has 60 heavy (non-hydrogen) atoms. The Balaban J connectivity index is 1.38. The number of nitrogens with one attached hydrogen (secondary N) is 3. The molecule has 330 valence electrons. The van der Waals surface area contributed by atoms with Gasteiger partial charge in [-0.15, -0.1) is 0 Å². The molecule has 19 heteroatoms. The van der Waals surface area contributed by atoms with Gasteiger partial charge < -0.3 is 34.5 Å². The summed E-state index contributed by atoms with van der Waals surface area (Å²) in [6.45, 7) is 7.64. The number of sulfonamides is 1. The molecular formula is C41H54F3N5O10S. The molecule has 0 radical (unpaired) electrons. The van der Waals surface area contributed by atoms with Crippen LogP contribution in [-0.2, 0) is 29.1 Å². The molecule has 4 aliphatic rings. The minimum absolute atomic E-state index is 0.0183. The molecule has 3 fully saturated rings. The van der Waals surface area contributed by atoms with Gasteiger partial charge in [-0.2, -0.15) is 0 Å². The molecule has 1 aromatic heterocycles. The number of pyridine rings is 1. The number of alkyl carbamates (subject to hydrolysis) is 1. The van der Waals surface area contributed by atoms with Crippen LogP contribution in [0.5, 0.6) is 17.4 Å². The quantitative estimate of drug-likeness (QED) is 0.268. The number of nitrogens with zero attached hydrogens (tertiary/aromatic N) is 2. The maximum Gasteiger partial charge on any atom is 0.408 e. The number of amides is 4. The largest absolute Gasteiger partial charge is 0.494 e. The Morgan fingerprint density at radius 1 is 1.03 bits per heavy atom. The van der Waals surface area contributed by atoms with E-state index in [0.717, 1.165) is 19.9 Å². The molecular weight excluding hydrogens is 812 g/mol. The normalized spacial score (nSPS) is 28.3. The third-order valence-corrected chi connectivity index (χ3v) is 14.6. The highest BCUT2D eigenvalue weighted by molar-refractivity contribution is 7.91. The van der Waals surface area contributed by atoms with Crippen molar-refractivity contribution in [2.75, 3.05) is 20.8 Å². The molecule has 7 atom stereocenters. The van der Waals surface area contributed by atoms with Crippen LogP contribution >= 0.6 is 0 Å². The van der Waals surface area contributed by atoms with Crippen LogP contribution in [0.25, 0.3) is 10.9 Å². The van der Waals surface area contributed by atoms with Gasteiger partial charge in [0, 0.05) is 36.8 Å². The molecule has 3 heterocycles. The number of carbonyl (C=O) groups is 4. The molecule has 0 bridgehead atoms. The third-order valence-electron chi connectivity index (χ3n) is 12.5. The first-order valence-corrected chi connectivity index (χ1v) is 21.5. The number of benzene rings is 1. The highest BCUT2D eigenvalue weighted by Gasteiger charge is 2.63. The van der Waals surface area contributed by atoms with E-state index in [1.807, 2.05) is 13.0 Å². The Labute approximate surface area is 347 Å². The molecule has 2 saturated carbocycles. The molecule has 3 N–H and O–H groups in total. The Kier molecular flexibility index (Phi) is 12.1. The predicted octanol–water partition coefficient (Wildman–Crippen LogP) is 5.15. The van der Waals surface area contributed by atoms with Crippen molar-refractivity contribution in [1.82, 2.24) is 25.2 Å². The summed E-state index contributed by atoms with van der Waals surface area (Å²) < 4.78 is 93.5. The fourth-order valence-electron chi connectivity index (χ4n) is 7.79. The van der Waals surface area contributed by atoms with E-state index in [1.165, 1.54) is 38.2 Å². The first kappa shape index (κ1) is 44.7. The molecule has 6 rings (SSSR count). The Morgan fingerprint density at radius 2 is 1.73 bits per heavy atom. The molecule has 1 aromatic carbocycles. The zero-order valence-corrected chi connectivity index (χ0v) is 35.8. The summed E-state index contributed by atoms with van der Waals surface area (Å²) in [7, 11) is -1.42. The summed E-state index contributed by atoms with van der Waals surface area (Å²) in [4.78, 5) is 62.3. The number of ether oxygens (including phenoxy) is 4. The Bertz CT molecular complexity index is 2180. The van der Waals surface area contributed by atoms with E-state index in [-0.39, 0.29) is 53.6 Å². The average molecular weight is 866 g/mol. The van der Waals surface area contributed by atoms with Crippen molar-refractivity contribution in [1.29, 1.82) is 0 Å². The smallest absolute Gasteiger partial charge is 0.408 e. The highest BCUT2D eigenvalue weighted by Crippen LogP contribution is 2.48. The van der Waals surface area contributed by atoms with E-state index < -0.39 is 91.5 Å². The van der Waals surface area contributed by atoms with Crippen LogP contribution in [0.2, 0.25) is 0 Å². The Hall–Kier alpha value is -4.81. The van der Waals surface area contributed by atoms with E-state index >= 15 is 4.39 Å². The summed E-state index contributed by atoms with van der Waals surface area (Å²) in [5.74, 6) is -7.67. The minimum atomic E-state index is -4.09. The second-order valence-electron chi connectivity index (χ2n) is 17.5. The van der Waals surface area contributed by atoms with Crippen molar-refractivity contribution in [3.05, 3.63) is 36.2 Å². The van der Waals surface area contributed by atoms with E-state index in [0.29, 0.717) is 39.0 Å². The van der Waals surface area contributed by atoms with Crippen LogP contribution in [0.3, 0.4) is 0 Å². The second kappa shape index (κ2) is 16.2. The van der Waals surface area contributed by atoms with Gasteiger partial charge in [0.2, 0.25) is 27.7 Å². The van der Waals surface area contributed by atoms with Gasteiger partial charge in [0.05, 0.1) is 31.0 Å². The number of hydrogen-bond donors (Lipinski definition) is 3. The number of methoxy groups -OCH3 is 2. The number of carbonyl (C=O) groups excluding carboxylic acids is 4. The minimum Gasteiger partial charge on any atom is -0.494 e. The van der Waals surface area contributed by atoms with Crippen LogP contribution in [0.15, 0.2) is 30.4 Å². The lowest BCUT2D eigenvalue weighted by molar-refractivity contribution is -0.152. The van der Waals surface area contributed by atoms with Crippen molar-refractivity contribution in [2.45, 2.75) is 126 Å². The maximum atomic E-state index is 15.0. The predicted molar refractivity (Wildman–Crippen MR) is 212 cm³/mol. The van der Waals surface area contributed by atoms with Gasteiger partial charge in [0.1, 0.15) is 29.5 Å². The fourth-order valence-corrected chi connectivity index (χ4v) is 9.10. The maximum absolute atomic E-state index is 15.0. The zero-order chi connectivity index (χ0) is 44.2. The average Bonchev–Trinajstić information content (AvgIpc) is 4.04. The van der Waals surface area contributed by atoms with E-state index in [1.54, 1.807) is 13.0 Å². The third kappa shape index (κ3) is 8.96. The lowest BCUT2D eigenvalue weighted by atomic mass is 9.88. The van der Waals surface area contributed by atoms with Crippen molar-refractivity contribution < 1.29 is 59.7 Å². The standard InChI is InChI=1S/C41H54F3N5O10S/c1-22-11-9-10-12-24-20-41(24,36(52)48-60(54,55)39(5)13-14-39)47-34(50)29-16-25(58-30-19-32(57-8)45-28-18-31(56-7)27(42)17-26(28)30)21-49(29)35(51)33(23(2)15-22)46-37(53)59-38(3,4)40(6,43)44/h10,12,17-19,22-25,29,33H,9,11,13-16,20-21H2,1-8H3,(H,46,53)(H,47,50)(H,48,52). The van der Waals surface area contributed by atoms with E-state index in [4.69, 9.17) is 18.9 Å². The monoisotopic (exact) mass is 865 g/mol. The molecule has 2 aliphatic heterocycles. The molecule has 15 nitrogen and oxygen atoms in total. The van der Waals surface area contributed by atoms with Crippen LogP contribution in [0.1, 0.15) is 86.5 Å². The highest BCUT2D eigenvalue weighted by atomic mass is 32.2. The summed E-state index contributed by atoms with van der Waals surface area (Å²) in [6.07, 6.45) is 3.65. The molecule has 7 unspecified atom stereocenters. The number of allylic oxidation sites excluding steroid dienone is 1. The molecule has 4 amide bonds. The topological polar surface area (TPSA) is 192 Å². The number of halogens is 3. The number of aromatic nitrogens is 1. The van der Waals surface area contributed by atoms with E-state index in [9.17, 15) is 36.4 Å².